The lowest BCUT2D eigenvalue weighted by molar-refractivity contribution is 0.931. The summed E-state index contributed by atoms with van der Waals surface area (Å²) in [6.07, 6.45) is 4.09. The minimum Gasteiger partial charge on any atom is -0.339 e. The van der Waals surface area contributed by atoms with Crippen molar-refractivity contribution in [3.63, 3.8) is 0 Å². The Morgan fingerprint density at radius 3 is 2.91 bits per heavy atom. The highest BCUT2D eigenvalue weighted by Gasteiger charge is 2.10. The van der Waals surface area contributed by atoms with E-state index in [2.05, 4.69) is 20.3 Å². The van der Waals surface area contributed by atoms with Gasteiger partial charge in [-0.25, -0.2) is 15.0 Å². The predicted octanol–water partition coefficient (Wildman–Crippen LogP) is 3.19. The largest absolute Gasteiger partial charge is 0.339 e. The van der Waals surface area contributed by atoms with Gasteiger partial charge in [-0.2, -0.15) is 5.26 Å². The first-order valence-corrected chi connectivity index (χ1v) is 7.13. The number of aryl methyl sites for hydroxylation is 2. The molecule has 3 aromatic heterocycles. The number of hydrogen-bond donors (Lipinski definition) is 1. The van der Waals surface area contributed by atoms with Gasteiger partial charge in [0.05, 0.1) is 23.2 Å². The van der Waals surface area contributed by atoms with E-state index in [0.717, 1.165) is 17.7 Å². The van der Waals surface area contributed by atoms with E-state index in [1.54, 1.807) is 24.7 Å². The molecule has 1 N–H and O–H groups in total. The lowest BCUT2D eigenvalue weighted by Gasteiger charge is -2.10. The zero-order chi connectivity index (χ0) is 15.7. The highest BCUT2D eigenvalue weighted by atomic mass is 35.5. The van der Waals surface area contributed by atoms with Gasteiger partial charge in [-0.1, -0.05) is 18.5 Å². The number of nitrogens with one attached hydrogen (secondary N) is 1. The van der Waals surface area contributed by atoms with Gasteiger partial charge < -0.3 is 9.88 Å². The monoisotopic (exact) mass is 312 g/mol. The molecule has 0 radical (unpaired) electrons. The van der Waals surface area contributed by atoms with Crippen molar-refractivity contribution in [1.82, 2.24) is 19.5 Å². The number of hydrogen-bond acceptors (Lipinski definition) is 5. The van der Waals surface area contributed by atoms with Crippen molar-refractivity contribution in [2.75, 3.05) is 5.32 Å². The molecule has 0 aromatic carbocycles. The van der Waals surface area contributed by atoms with Gasteiger partial charge in [-0.15, -0.1) is 0 Å². The van der Waals surface area contributed by atoms with E-state index in [1.807, 2.05) is 24.6 Å². The normalized spacial score (nSPS) is 10.6. The van der Waals surface area contributed by atoms with Crippen molar-refractivity contribution in [2.24, 2.45) is 7.05 Å². The third kappa shape index (κ3) is 2.47. The molecule has 22 heavy (non-hydrogen) atoms. The molecule has 3 heterocycles. The summed E-state index contributed by atoms with van der Waals surface area (Å²) >= 11 is 6.25. The molecule has 0 bridgehead atoms. The van der Waals surface area contributed by atoms with Crippen molar-refractivity contribution in [3.05, 3.63) is 40.9 Å². The van der Waals surface area contributed by atoms with Gasteiger partial charge in [-0.3, -0.25) is 0 Å². The van der Waals surface area contributed by atoms with E-state index in [-0.39, 0.29) is 0 Å². The molecule has 0 aliphatic rings. The van der Waals surface area contributed by atoms with Crippen molar-refractivity contribution < 1.29 is 0 Å². The Kier molecular flexibility index (Phi) is 3.65. The SMILES string of the molecule is CCc1cc(C#N)ncc1Nc1cc(Cl)c2ncn(C)c2n1. The van der Waals surface area contributed by atoms with E-state index in [9.17, 15) is 0 Å². The van der Waals surface area contributed by atoms with Crippen LogP contribution in [0.4, 0.5) is 11.5 Å². The maximum absolute atomic E-state index is 8.93. The van der Waals surface area contributed by atoms with Gasteiger partial charge in [0.25, 0.3) is 0 Å². The minimum absolute atomic E-state index is 0.399. The Bertz CT molecular complexity index is 893. The number of rotatable bonds is 3. The highest BCUT2D eigenvalue weighted by Crippen LogP contribution is 2.26. The van der Waals surface area contributed by atoms with Gasteiger partial charge in [0.1, 0.15) is 23.1 Å². The number of nitriles is 1. The van der Waals surface area contributed by atoms with Gasteiger partial charge in [0.2, 0.25) is 0 Å². The standard InChI is InChI=1S/C15H13ClN6/c1-3-9-4-10(6-17)18-7-12(9)20-13-5-11(16)14-15(21-13)22(2)8-19-14/h4-5,7-8H,3H2,1-2H3,(H,20,21). The van der Waals surface area contributed by atoms with Crippen LogP contribution in [-0.4, -0.2) is 19.5 Å². The van der Waals surface area contributed by atoms with Crippen LogP contribution in [0.1, 0.15) is 18.2 Å². The topological polar surface area (TPSA) is 79.4 Å². The number of halogens is 1. The predicted molar refractivity (Wildman–Crippen MR) is 85.1 cm³/mol. The first kappa shape index (κ1) is 14.3. The number of anilines is 2. The Morgan fingerprint density at radius 2 is 2.18 bits per heavy atom. The molecule has 110 valence electrons. The number of fused-ring (bicyclic) bond motifs is 1. The van der Waals surface area contributed by atoms with Gasteiger partial charge in [0.15, 0.2) is 5.65 Å². The molecule has 0 fully saturated rings. The fraction of sp³-hybridized carbons (Fsp3) is 0.200. The molecule has 0 saturated heterocycles. The number of nitrogens with zero attached hydrogens (tertiary/aromatic N) is 5. The lowest BCUT2D eigenvalue weighted by atomic mass is 10.1. The number of aromatic nitrogens is 4. The fourth-order valence-corrected chi connectivity index (χ4v) is 2.46. The fourth-order valence-electron chi connectivity index (χ4n) is 2.22. The van der Waals surface area contributed by atoms with Crippen LogP contribution in [0.2, 0.25) is 5.02 Å². The smallest absolute Gasteiger partial charge is 0.163 e. The van der Waals surface area contributed by atoms with Crippen molar-refractivity contribution in [3.8, 4) is 6.07 Å². The molecule has 6 nitrogen and oxygen atoms in total. The number of imidazole rings is 1. The van der Waals surface area contributed by atoms with Crippen LogP contribution in [0.25, 0.3) is 11.2 Å². The summed E-state index contributed by atoms with van der Waals surface area (Å²) in [5.74, 6) is 0.613. The highest BCUT2D eigenvalue weighted by molar-refractivity contribution is 6.35. The first-order valence-electron chi connectivity index (χ1n) is 6.76. The summed E-state index contributed by atoms with van der Waals surface area (Å²) in [5.41, 5.74) is 3.58. The molecule has 0 spiro atoms. The van der Waals surface area contributed by atoms with Crippen molar-refractivity contribution in [2.45, 2.75) is 13.3 Å². The lowest BCUT2D eigenvalue weighted by Crippen LogP contribution is -2.01. The third-order valence-electron chi connectivity index (χ3n) is 3.37. The van der Waals surface area contributed by atoms with Crippen LogP contribution in [0.15, 0.2) is 24.7 Å². The van der Waals surface area contributed by atoms with Crippen LogP contribution in [0.3, 0.4) is 0 Å². The molecular formula is C15H13ClN6. The van der Waals surface area contributed by atoms with E-state index in [4.69, 9.17) is 16.9 Å². The van der Waals surface area contributed by atoms with Crippen LogP contribution in [0, 0.1) is 11.3 Å². The average molecular weight is 313 g/mol. The van der Waals surface area contributed by atoms with E-state index in [0.29, 0.717) is 27.7 Å². The molecule has 0 atom stereocenters. The molecule has 0 amide bonds. The first-order chi connectivity index (χ1) is 10.6. The quantitative estimate of drug-likeness (QED) is 0.803. The molecule has 3 aromatic rings. The Labute approximate surface area is 132 Å². The second-order valence-electron chi connectivity index (χ2n) is 4.83. The second kappa shape index (κ2) is 5.62. The summed E-state index contributed by atoms with van der Waals surface area (Å²) in [7, 11) is 1.86. The maximum Gasteiger partial charge on any atom is 0.163 e. The molecule has 0 aliphatic carbocycles. The molecule has 0 saturated carbocycles. The number of pyridine rings is 2. The average Bonchev–Trinajstić information content (AvgIpc) is 2.90. The van der Waals surface area contributed by atoms with Gasteiger partial charge in [0, 0.05) is 13.1 Å². The summed E-state index contributed by atoms with van der Waals surface area (Å²) in [4.78, 5) is 12.8. The zero-order valence-electron chi connectivity index (χ0n) is 12.1. The van der Waals surface area contributed by atoms with Crippen LogP contribution >= 0.6 is 11.6 Å². The molecule has 0 aliphatic heterocycles. The molecular weight excluding hydrogens is 300 g/mol. The molecule has 3 rings (SSSR count). The summed E-state index contributed by atoms with van der Waals surface area (Å²) in [6, 6.07) is 5.54. The van der Waals surface area contributed by atoms with E-state index >= 15 is 0 Å². The van der Waals surface area contributed by atoms with Crippen molar-refractivity contribution >= 4 is 34.3 Å². The zero-order valence-corrected chi connectivity index (χ0v) is 12.9. The van der Waals surface area contributed by atoms with Crippen LogP contribution < -0.4 is 5.32 Å². The molecule has 7 heteroatoms. The second-order valence-corrected chi connectivity index (χ2v) is 5.24. The Morgan fingerprint density at radius 1 is 1.36 bits per heavy atom. The maximum atomic E-state index is 8.93. The van der Waals surface area contributed by atoms with E-state index in [1.165, 1.54) is 0 Å². The minimum atomic E-state index is 0.399. The van der Waals surface area contributed by atoms with Crippen LogP contribution in [0.5, 0.6) is 0 Å². The van der Waals surface area contributed by atoms with Gasteiger partial charge in [-0.05, 0) is 18.1 Å². The Balaban J connectivity index is 2.03. The van der Waals surface area contributed by atoms with Crippen molar-refractivity contribution in [1.29, 1.82) is 5.26 Å². The Hall–Kier alpha value is -2.65. The van der Waals surface area contributed by atoms with Crippen LogP contribution in [-0.2, 0) is 13.5 Å². The third-order valence-corrected chi connectivity index (χ3v) is 3.66. The molecule has 0 unspecified atom stereocenters. The summed E-state index contributed by atoms with van der Waals surface area (Å²) in [6.45, 7) is 2.02. The van der Waals surface area contributed by atoms with Gasteiger partial charge >= 0.3 is 0 Å². The summed E-state index contributed by atoms with van der Waals surface area (Å²) in [5, 5.41) is 12.7. The summed E-state index contributed by atoms with van der Waals surface area (Å²) < 4.78 is 1.81. The van der Waals surface area contributed by atoms with E-state index < -0.39 is 0 Å².